The third-order valence-electron chi connectivity index (χ3n) is 2.82. The Morgan fingerprint density at radius 2 is 2.11 bits per heavy atom. The number of nitrogens with zero attached hydrogens (tertiary/aromatic N) is 3. The number of aromatic amines is 1. The van der Waals surface area contributed by atoms with Crippen molar-refractivity contribution in [1.29, 1.82) is 5.41 Å². The summed E-state index contributed by atoms with van der Waals surface area (Å²) in [5.74, 6) is 0.685. The Hall–Kier alpha value is -2.76. The first-order chi connectivity index (χ1) is 9.13. The minimum Gasteiger partial charge on any atom is -0.384 e. The van der Waals surface area contributed by atoms with Crippen LogP contribution in [0, 0.1) is 12.3 Å². The lowest BCUT2D eigenvalue weighted by atomic mass is 10.2. The molecule has 0 bridgehead atoms. The standard InChI is InChI=1S/C13H12N6/c1-7-5-17-11(6-16-7)13-18-9-3-2-8(12(14)15)4-10(9)19-13/h2-6H,1H3,(H3,14,15)(H,18,19). The van der Waals surface area contributed by atoms with Gasteiger partial charge < -0.3 is 10.7 Å². The third kappa shape index (κ3) is 2.03. The number of imidazole rings is 1. The van der Waals surface area contributed by atoms with E-state index in [4.69, 9.17) is 11.1 Å². The largest absolute Gasteiger partial charge is 0.384 e. The van der Waals surface area contributed by atoms with E-state index in [0.29, 0.717) is 17.1 Å². The molecule has 1 aromatic carbocycles. The van der Waals surface area contributed by atoms with Gasteiger partial charge in [-0.2, -0.15) is 0 Å². The average Bonchev–Trinajstić information content (AvgIpc) is 2.82. The molecule has 0 atom stereocenters. The van der Waals surface area contributed by atoms with Gasteiger partial charge >= 0.3 is 0 Å². The van der Waals surface area contributed by atoms with Crippen molar-refractivity contribution in [2.75, 3.05) is 0 Å². The fourth-order valence-corrected chi connectivity index (χ4v) is 1.81. The lowest BCUT2D eigenvalue weighted by Crippen LogP contribution is -2.10. The molecule has 3 aromatic rings. The van der Waals surface area contributed by atoms with Crippen LogP contribution in [0.4, 0.5) is 0 Å². The van der Waals surface area contributed by atoms with Gasteiger partial charge in [0.15, 0.2) is 5.82 Å². The van der Waals surface area contributed by atoms with Crippen molar-refractivity contribution < 1.29 is 0 Å². The zero-order chi connectivity index (χ0) is 13.4. The van der Waals surface area contributed by atoms with Gasteiger partial charge in [-0.1, -0.05) is 0 Å². The Morgan fingerprint density at radius 1 is 1.26 bits per heavy atom. The van der Waals surface area contributed by atoms with Crippen LogP contribution in [-0.4, -0.2) is 25.8 Å². The molecule has 3 rings (SSSR count). The van der Waals surface area contributed by atoms with Crippen molar-refractivity contribution in [1.82, 2.24) is 19.9 Å². The summed E-state index contributed by atoms with van der Waals surface area (Å²) in [6.07, 6.45) is 3.38. The number of hydrogen-bond acceptors (Lipinski definition) is 4. The predicted octanol–water partition coefficient (Wildman–Crippen LogP) is 1.61. The molecular formula is C13H12N6. The summed E-state index contributed by atoms with van der Waals surface area (Å²) in [4.78, 5) is 16.1. The Morgan fingerprint density at radius 3 is 2.79 bits per heavy atom. The van der Waals surface area contributed by atoms with Crippen LogP contribution in [0.2, 0.25) is 0 Å². The fourth-order valence-electron chi connectivity index (χ4n) is 1.81. The number of H-pyrrole nitrogens is 1. The number of rotatable bonds is 2. The second kappa shape index (κ2) is 4.16. The molecule has 4 N–H and O–H groups in total. The van der Waals surface area contributed by atoms with Crippen LogP contribution in [0.15, 0.2) is 30.6 Å². The minimum absolute atomic E-state index is 0.0292. The second-order valence-corrected chi connectivity index (χ2v) is 4.27. The normalized spacial score (nSPS) is 10.8. The van der Waals surface area contributed by atoms with E-state index >= 15 is 0 Å². The highest BCUT2D eigenvalue weighted by Crippen LogP contribution is 2.19. The minimum atomic E-state index is 0.0292. The van der Waals surface area contributed by atoms with Crippen LogP contribution in [0.1, 0.15) is 11.3 Å². The topological polar surface area (TPSA) is 104 Å². The van der Waals surface area contributed by atoms with E-state index in [1.165, 1.54) is 0 Å². The molecule has 0 amide bonds. The average molecular weight is 252 g/mol. The number of nitrogens with one attached hydrogen (secondary N) is 2. The summed E-state index contributed by atoms with van der Waals surface area (Å²) in [6, 6.07) is 5.41. The first-order valence-corrected chi connectivity index (χ1v) is 5.76. The molecule has 0 unspecified atom stereocenters. The van der Waals surface area contributed by atoms with Crippen LogP contribution in [0.25, 0.3) is 22.6 Å². The van der Waals surface area contributed by atoms with E-state index < -0.39 is 0 Å². The molecule has 0 saturated carbocycles. The number of nitrogens with two attached hydrogens (primary N) is 1. The summed E-state index contributed by atoms with van der Waals surface area (Å²) in [7, 11) is 0. The van der Waals surface area contributed by atoms with Gasteiger partial charge in [0.2, 0.25) is 0 Å². The Kier molecular flexibility index (Phi) is 2.49. The first kappa shape index (κ1) is 11.3. The second-order valence-electron chi connectivity index (χ2n) is 4.27. The molecule has 6 nitrogen and oxygen atoms in total. The maximum absolute atomic E-state index is 7.42. The van der Waals surface area contributed by atoms with Crippen LogP contribution in [0.3, 0.4) is 0 Å². The zero-order valence-corrected chi connectivity index (χ0v) is 10.3. The highest BCUT2D eigenvalue weighted by Gasteiger charge is 2.08. The van der Waals surface area contributed by atoms with Crippen molar-refractivity contribution in [2.24, 2.45) is 5.73 Å². The van der Waals surface area contributed by atoms with Crippen molar-refractivity contribution in [3.05, 3.63) is 41.9 Å². The molecular weight excluding hydrogens is 240 g/mol. The SMILES string of the molecule is Cc1cnc(-c2nc3cc(C(=N)N)ccc3[nH]2)cn1. The van der Waals surface area contributed by atoms with Crippen LogP contribution in [-0.2, 0) is 0 Å². The quantitative estimate of drug-likeness (QED) is 0.476. The molecule has 0 radical (unpaired) electrons. The van der Waals surface area contributed by atoms with Crippen molar-refractivity contribution in [2.45, 2.75) is 6.92 Å². The molecule has 2 aromatic heterocycles. The molecule has 0 saturated heterocycles. The number of fused-ring (bicyclic) bond motifs is 1. The van der Waals surface area contributed by atoms with Crippen molar-refractivity contribution >= 4 is 16.9 Å². The maximum atomic E-state index is 7.42. The Bertz CT molecular complexity index is 756. The molecule has 0 aliphatic carbocycles. The van der Waals surface area contributed by atoms with Gasteiger partial charge in [-0.15, -0.1) is 0 Å². The first-order valence-electron chi connectivity index (χ1n) is 5.76. The maximum Gasteiger partial charge on any atom is 0.158 e. The molecule has 2 heterocycles. The fraction of sp³-hybridized carbons (Fsp3) is 0.0769. The van der Waals surface area contributed by atoms with E-state index in [1.807, 2.05) is 13.0 Å². The number of benzene rings is 1. The van der Waals surface area contributed by atoms with E-state index in [0.717, 1.165) is 16.7 Å². The monoisotopic (exact) mass is 252 g/mol. The highest BCUT2D eigenvalue weighted by molar-refractivity contribution is 5.98. The number of hydrogen-bond donors (Lipinski definition) is 3. The molecule has 0 aliphatic heterocycles. The van der Waals surface area contributed by atoms with E-state index in [9.17, 15) is 0 Å². The van der Waals surface area contributed by atoms with Crippen molar-refractivity contribution in [3.8, 4) is 11.5 Å². The number of aryl methyl sites for hydroxylation is 1. The van der Waals surface area contributed by atoms with Crippen LogP contribution in [0.5, 0.6) is 0 Å². The van der Waals surface area contributed by atoms with Gasteiger partial charge in [0, 0.05) is 11.8 Å². The zero-order valence-electron chi connectivity index (χ0n) is 10.3. The molecule has 0 fully saturated rings. The van der Waals surface area contributed by atoms with Gasteiger partial charge in [-0.25, -0.2) is 9.97 Å². The number of amidine groups is 1. The van der Waals surface area contributed by atoms with Gasteiger partial charge in [-0.05, 0) is 25.1 Å². The Labute approximate surface area is 109 Å². The lowest BCUT2D eigenvalue weighted by Gasteiger charge is -1.95. The van der Waals surface area contributed by atoms with Crippen LogP contribution >= 0.6 is 0 Å². The van der Waals surface area contributed by atoms with E-state index in [2.05, 4.69) is 19.9 Å². The van der Waals surface area contributed by atoms with Gasteiger partial charge in [-0.3, -0.25) is 10.4 Å². The van der Waals surface area contributed by atoms with E-state index in [-0.39, 0.29) is 5.84 Å². The smallest absolute Gasteiger partial charge is 0.158 e. The molecule has 19 heavy (non-hydrogen) atoms. The summed E-state index contributed by atoms with van der Waals surface area (Å²) >= 11 is 0. The number of aromatic nitrogens is 4. The van der Waals surface area contributed by atoms with Gasteiger partial charge in [0.25, 0.3) is 0 Å². The number of nitrogen functional groups attached to an aromatic ring is 1. The summed E-state index contributed by atoms with van der Waals surface area (Å²) < 4.78 is 0. The van der Waals surface area contributed by atoms with Gasteiger partial charge in [0.1, 0.15) is 11.5 Å². The summed E-state index contributed by atoms with van der Waals surface area (Å²) in [6.45, 7) is 1.88. The van der Waals surface area contributed by atoms with Gasteiger partial charge in [0.05, 0.1) is 22.9 Å². The molecule has 0 aliphatic rings. The van der Waals surface area contributed by atoms with Crippen LogP contribution < -0.4 is 5.73 Å². The Balaban J connectivity index is 2.11. The molecule has 6 heteroatoms. The molecule has 94 valence electrons. The predicted molar refractivity (Wildman–Crippen MR) is 72.9 cm³/mol. The van der Waals surface area contributed by atoms with Crippen molar-refractivity contribution in [3.63, 3.8) is 0 Å². The summed E-state index contributed by atoms with van der Waals surface area (Å²) in [5.41, 5.74) is 9.29. The lowest BCUT2D eigenvalue weighted by molar-refractivity contribution is 1.10. The highest BCUT2D eigenvalue weighted by atomic mass is 15.0. The third-order valence-corrected chi connectivity index (χ3v) is 2.82. The molecule has 0 spiro atoms. The van der Waals surface area contributed by atoms with E-state index in [1.54, 1.807) is 24.5 Å². The summed E-state index contributed by atoms with van der Waals surface area (Å²) in [5, 5.41) is 7.42.